The van der Waals surface area contributed by atoms with Crippen LogP contribution in [-0.4, -0.2) is 12.1 Å². The van der Waals surface area contributed by atoms with Crippen molar-refractivity contribution in [2.45, 2.75) is 0 Å². The minimum absolute atomic E-state index is 0. The molecule has 1 aromatic heterocycles. The number of methoxy groups -OCH3 is 1. The summed E-state index contributed by atoms with van der Waals surface area (Å²) in [7, 11) is 1.60. The molecule has 3 heteroatoms. The number of nitrogens with zero attached hydrogens (tertiary/aromatic N) is 1. The fourth-order valence-corrected chi connectivity index (χ4v) is 0.468. The summed E-state index contributed by atoms with van der Waals surface area (Å²) in [5.74, 6) is 0.660. The smallest absolute Gasteiger partial charge is 1.00 e. The van der Waals surface area contributed by atoms with E-state index in [4.69, 9.17) is 4.74 Å². The fourth-order valence-electron chi connectivity index (χ4n) is 0.468. The summed E-state index contributed by atoms with van der Waals surface area (Å²) in [4.78, 5) is 3.88. The van der Waals surface area contributed by atoms with Crippen LogP contribution >= 0.6 is 0 Å². The minimum atomic E-state index is 0. The van der Waals surface area contributed by atoms with Crippen LogP contribution in [-0.2, 0) is 0 Å². The van der Waals surface area contributed by atoms with Crippen LogP contribution in [0, 0.1) is 0 Å². The topological polar surface area (TPSA) is 22.1 Å². The Labute approximate surface area is 78.0 Å². The van der Waals surface area contributed by atoms with Crippen LogP contribution in [0.2, 0.25) is 0 Å². The molecule has 0 fully saturated rings. The van der Waals surface area contributed by atoms with Gasteiger partial charge in [0.1, 0.15) is 0 Å². The Balaban J connectivity index is 0. The summed E-state index contributed by atoms with van der Waals surface area (Å²) < 4.78 is 4.80. The number of ether oxygens (including phenoxy) is 1. The first-order valence-corrected chi connectivity index (χ1v) is 2.38. The van der Waals surface area contributed by atoms with Gasteiger partial charge in [-0.25, -0.2) is 4.98 Å². The molecule has 0 saturated carbocycles. The Bertz CT molecular complexity index is 159. The van der Waals surface area contributed by atoms with Crippen molar-refractivity contribution in [3.05, 3.63) is 24.4 Å². The van der Waals surface area contributed by atoms with Crippen molar-refractivity contribution in [2.75, 3.05) is 7.11 Å². The Hall–Kier alpha value is -0.0500. The van der Waals surface area contributed by atoms with E-state index in [9.17, 15) is 0 Å². The average Bonchev–Trinajstić information content (AvgIpc) is 1.90. The third-order valence-corrected chi connectivity index (χ3v) is 0.847. The summed E-state index contributed by atoms with van der Waals surface area (Å²) in [5, 5.41) is 0. The molecule has 1 heterocycles. The molecule has 0 bridgehead atoms. The van der Waals surface area contributed by atoms with Gasteiger partial charge in [0.25, 0.3) is 0 Å². The maximum absolute atomic E-state index is 4.80. The number of pyridine rings is 1. The second-order valence-corrected chi connectivity index (χ2v) is 1.37. The largest absolute Gasteiger partial charge is 1.00 e. The number of hydrogen-bond donors (Lipinski definition) is 0. The van der Waals surface area contributed by atoms with Crippen LogP contribution in [0.3, 0.4) is 0 Å². The van der Waals surface area contributed by atoms with Gasteiger partial charge >= 0.3 is 29.6 Å². The van der Waals surface area contributed by atoms with E-state index in [2.05, 4.69) is 4.98 Å². The molecule has 0 atom stereocenters. The van der Waals surface area contributed by atoms with E-state index < -0.39 is 0 Å². The third-order valence-electron chi connectivity index (χ3n) is 0.847. The van der Waals surface area contributed by atoms with Gasteiger partial charge in [-0.3, -0.25) is 0 Å². The molecule has 1 aromatic rings. The van der Waals surface area contributed by atoms with Gasteiger partial charge in [0.2, 0.25) is 5.88 Å². The zero-order valence-electron chi connectivity index (χ0n) is 6.66. The molecular formula is C6H8NNaO. The van der Waals surface area contributed by atoms with E-state index in [1.54, 1.807) is 19.4 Å². The normalized spacial score (nSPS) is 7.67. The minimum Gasteiger partial charge on any atom is -1.00 e. The second-order valence-electron chi connectivity index (χ2n) is 1.37. The number of aromatic nitrogens is 1. The first-order chi connectivity index (χ1) is 3.93. The van der Waals surface area contributed by atoms with Crippen molar-refractivity contribution < 1.29 is 35.7 Å². The zero-order chi connectivity index (χ0) is 5.82. The molecule has 0 aliphatic rings. The van der Waals surface area contributed by atoms with Gasteiger partial charge in [0.05, 0.1) is 7.11 Å². The molecule has 2 nitrogen and oxygen atoms in total. The van der Waals surface area contributed by atoms with E-state index in [0.29, 0.717) is 5.88 Å². The van der Waals surface area contributed by atoms with Crippen molar-refractivity contribution in [3.8, 4) is 5.88 Å². The molecule has 44 valence electrons. The van der Waals surface area contributed by atoms with Crippen molar-refractivity contribution >= 4 is 0 Å². The van der Waals surface area contributed by atoms with Gasteiger partial charge < -0.3 is 6.16 Å². The second kappa shape index (κ2) is 4.79. The maximum Gasteiger partial charge on any atom is 1.00 e. The van der Waals surface area contributed by atoms with Gasteiger partial charge in [0, 0.05) is 12.3 Å². The predicted octanol–water partition coefficient (Wildman–Crippen LogP) is -1.79. The van der Waals surface area contributed by atoms with E-state index in [0.717, 1.165) is 0 Å². The van der Waals surface area contributed by atoms with Crippen molar-refractivity contribution in [2.24, 2.45) is 0 Å². The molecule has 0 unspecified atom stereocenters. The quantitative estimate of drug-likeness (QED) is 0.422. The molecule has 0 radical (unpaired) electrons. The Kier molecular flexibility index (Phi) is 4.77. The number of hydrogen-bond acceptors (Lipinski definition) is 2. The number of rotatable bonds is 1. The maximum atomic E-state index is 4.80. The SMILES string of the molecule is COc1ccccn1.[H-].[Na+]. The van der Waals surface area contributed by atoms with Crippen molar-refractivity contribution in [1.29, 1.82) is 0 Å². The molecule has 0 N–H and O–H groups in total. The summed E-state index contributed by atoms with van der Waals surface area (Å²) >= 11 is 0. The van der Waals surface area contributed by atoms with E-state index in [1.807, 2.05) is 12.1 Å². The standard InChI is InChI=1S/C6H7NO.Na.H/c1-8-6-4-2-3-5-7-6;;/h2-5H,1H3;;/q;+1;-1. The van der Waals surface area contributed by atoms with Gasteiger partial charge in [-0.2, -0.15) is 0 Å². The van der Waals surface area contributed by atoms with Crippen LogP contribution in [0.25, 0.3) is 0 Å². The molecule has 0 aliphatic heterocycles. The van der Waals surface area contributed by atoms with Crippen molar-refractivity contribution in [1.82, 2.24) is 4.98 Å². The van der Waals surface area contributed by atoms with Crippen LogP contribution in [0.4, 0.5) is 0 Å². The Morgan fingerprint density at radius 2 is 2.33 bits per heavy atom. The van der Waals surface area contributed by atoms with Gasteiger partial charge in [0.15, 0.2) is 0 Å². The Morgan fingerprint density at radius 3 is 2.67 bits per heavy atom. The van der Waals surface area contributed by atoms with E-state index in [-0.39, 0.29) is 31.0 Å². The first kappa shape index (κ1) is 8.95. The monoisotopic (exact) mass is 133 g/mol. The van der Waals surface area contributed by atoms with Crippen LogP contribution in [0.15, 0.2) is 24.4 Å². The molecule has 0 spiro atoms. The van der Waals surface area contributed by atoms with E-state index in [1.165, 1.54) is 0 Å². The van der Waals surface area contributed by atoms with E-state index >= 15 is 0 Å². The summed E-state index contributed by atoms with van der Waals surface area (Å²) in [5.41, 5.74) is 0. The molecule has 0 aromatic carbocycles. The molecule has 0 saturated heterocycles. The van der Waals surface area contributed by atoms with Crippen LogP contribution < -0.4 is 34.3 Å². The molecule has 9 heavy (non-hydrogen) atoms. The van der Waals surface area contributed by atoms with Gasteiger partial charge in [-0.05, 0) is 6.07 Å². The van der Waals surface area contributed by atoms with Crippen molar-refractivity contribution in [3.63, 3.8) is 0 Å². The molecule has 0 amide bonds. The molecular weight excluding hydrogens is 125 g/mol. The van der Waals surface area contributed by atoms with Crippen LogP contribution in [0.1, 0.15) is 1.43 Å². The first-order valence-electron chi connectivity index (χ1n) is 2.38. The molecule has 1 rings (SSSR count). The zero-order valence-corrected chi connectivity index (χ0v) is 7.66. The predicted molar refractivity (Wildman–Crippen MR) is 31.9 cm³/mol. The molecule has 0 aliphatic carbocycles. The summed E-state index contributed by atoms with van der Waals surface area (Å²) in [6, 6.07) is 5.54. The summed E-state index contributed by atoms with van der Waals surface area (Å²) in [6.45, 7) is 0. The van der Waals surface area contributed by atoms with Gasteiger partial charge in [-0.1, -0.05) is 6.07 Å². The van der Waals surface area contributed by atoms with Crippen LogP contribution in [0.5, 0.6) is 5.88 Å². The average molecular weight is 133 g/mol. The Morgan fingerprint density at radius 1 is 1.56 bits per heavy atom. The van der Waals surface area contributed by atoms with Gasteiger partial charge in [-0.15, -0.1) is 0 Å². The summed E-state index contributed by atoms with van der Waals surface area (Å²) in [6.07, 6.45) is 1.69. The fraction of sp³-hybridized carbons (Fsp3) is 0.167. The third kappa shape index (κ3) is 2.84.